The number of amides is 1. The molecule has 0 radical (unpaired) electrons. The van der Waals surface area contributed by atoms with E-state index in [-0.39, 0.29) is 16.9 Å². The van der Waals surface area contributed by atoms with Crippen molar-refractivity contribution in [2.24, 2.45) is 5.92 Å². The number of aromatic nitrogens is 1. The monoisotopic (exact) mass is 402 g/mol. The van der Waals surface area contributed by atoms with E-state index < -0.39 is 9.96 Å². The number of nitrogens with one attached hydrogen (secondary N) is 3. The lowest BCUT2D eigenvalue weighted by molar-refractivity contribution is -0.124. The molecule has 0 fully saturated rings. The molecule has 22 heavy (non-hydrogen) atoms. The molecular formula is C12H14Cl4N4OS. The molecular weight excluding hydrogens is 390 g/mol. The number of hydrogen-bond donors (Lipinski definition) is 3. The Balaban J connectivity index is 2.70. The van der Waals surface area contributed by atoms with Gasteiger partial charge < -0.3 is 16.0 Å². The third kappa shape index (κ3) is 6.71. The van der Waals surface area contributed by atoms with E-state index in [1.807, 2.05) is 0 Å². The summed E-state index contributed by atoms with van der Waals surface area (Å²) in [5, 5.41) is 8.72. The first-order valence-electron chi connectivity index (χ1n) is 6.15. The van der Waals surface area contributed by atoms with Gasteiger partial charge in [0.2, 0.25) is 9.70 Å². The maximum atomic E-state index is 11.8. The molecule has 1 amide bonds. The summed E-state index contributed by atoms with van der Waals surface area (Å²) in [6, 6.07) is 3.28. The van der Waals surface area contributed by atoms with E-state index in [2.05, 4.69) is 20.9 Å². The third-order valence-electron chi connectivity index (χ3n) is 2.38. The highest BCUT2D eigenvalue weighted by Gasteiger charge is 2.35. The Bertz CT molecular complexity index is 533. The van der Waals surface area contributed by atoms with Gasteiger partial charge in [0.05, 0.1) is 5.02 Å². The lowest BCUT2D eigenvalue weighted by Gasteiger charge is -2.28. The summed E-state index contributed by atoms with van der Waals surface area (Å²) in [5.41, 5.74) is 0. The summed E-state index contributed by atoms with van der Waals surface area (Å²) in [5.74, 6) is -0.0903. The number of anilines is 1. The molecule has 1 heterocycles. The molecule has 1 aromatic rings. The zero-order valence-electron chi connectivity index (χ0n) is 11.7. The minimum atomic E-state index is -1.79. The molecule has 1 atom stereocenters. The van der Waals surface area contributed by atoms with Crippen LogP contribution < -0.4 is 16.0 Å². The second kappa shape index (κ2) is 8.36. The molecule has 0 spiro atoms. The molecule has 3 N–H and O–H groups in total. The first-order valence-corrected chi connectivity index (χ1v) is 8.07. The van der Waals surface area contributed by atoms with Gasteiger partial charge in [0, 0.05) is 12.1 Å². The fourth-order valence-corrected chi connectivity index (χ4v) is 1.90. The molecule has 0 bridgehead atoms. The number of nitrogens with zero attached hydrogens (tertiary/aromatic N) is 1. The van der Waals surface area contributed by atoms with E-state index >= 15 is 0 Å². The summed E-state index contributed by atoms with van der Waals surface area (Å²) in [4.78, 5) is 15.8. The molecule has 5 nitrogen and oxygen atoms in total. The van der Waals surface area contributed by atoms with E-state index in [1.54, 1.807) is 26.0 Å². The Kier molecular flexibility index (Phi) is 7.41. The van der Waals surface area contributed by atoms with Crippen molar-refractivity contribution in [2.45, 2.75) is 23.8 Å². The van der Waals surface area contributed by atoms with Crippen LogP contribution in [0.3, 0.4) is 0 Å². The second-order valence-corrected chi connectivity index (χ2v) is 7.81. The van der Waals surface area contributed by atoms with Crippen LogP contribution in [0, 0.1) is 5.92 Å². The Morgan fingerprint density at radius 2 is 1.91 bits per heavy atom. The quantitative estimate of drug-likeness (QED) is 0.408. The molecule has 1 rings (SSSR count). The Labute approximate surface area is 154 Å². The van der Waals surface area contributed by atoms with Crippen molar-refractivity contribution < 1.29 is 4.79 Å². The molecule has 0 aromatic carbocycles. The van der Waals surface area contributed by atoms with E-state index in [1.165, 1.54) is 6.20 Å². The van der Waals surface area contributed by atoms with Crippen LogP contribution in [0.25, 0.3) is 0 Å². The number of carbonyl (C=O) groups excluding carboxylic acids is 1. The second-order valence-electron chi connectivity index (χ2n) is 4.60. The molecule has 10 heteroatoms. The fourth-order valence-electron chi connectivity index (χ4n) is 1.24. The van der Waals surface area contributed by atoms with Gasteiger partial charge in [-0.3, -0.25) is 4.79 Å². The summed E-state index contributed by atoms with van der Waals surface area (Å²) < 4.78 is -1.79. The summed E-state index contributed by atoms with van der Waals surface area (Å²) in [7, 11) is 0. The maximum absolute atomic E-state index is 11.8. The van der Waals surface area contributed by atoms with Crippen molar-refractivity contribution in [3.63, 3.8) is 0 Å². The van der Waals surface area contributed by atoms with Gasteiger partial charge in [0.25, 0.3) is 0 Å². The van der Waals surface area contributed by atoms with Crippen LogP contribution in [0.2, 0.25) is 5.02 Å². The molecule has 0 saturated carbocycles. The predicted octanol–water partition coefficient (Wildman–Crippen LogP) is 3.49. The lowest BCUT2D eigenvalue weighted by atomic mass is 10.2. The van der Waals surface area contributed by atoms with Gasteiger partial charge in [-0.25, -0.2) is 4.98 Å². The first-order chi connectivity index (χ1) is 10.1. The van der Waals surface area contributed by atoms with E-state index in [4.69, 9.17) is 58.6 Å². The largest absolute Gasteiger partial charge is 0.339 e. The van der Waals surface area contributed by atoms with Crippen molar-refractivity contribution in [3.8, 4) is 0 Å². The van der Waals surface area contributed by atoms with Gasteiger partial charge in [-0.2, -0.15) is 0 Å². The SMILES string of the molecule is CC(C)C(=O)NC(NC(=S)Nc1ccc(Cl)cn1)C(Cl)(Cl)Cl. The van der Waals surface area contributed by atoms with Gasteiger partial charge in [-0.15, -0.1) is 0 Å². The van der Waals surface area contributed by atoms with Gasteiger partial charge >= 0.3 is 0 Å². The van der Waals surface area contributed by atoms with Crippen LogP contribution in [-0.2, 0) is 4.79 Å². The molecule has 0 saturated heterocycles. The van der Waals surface area contributed by atoms with Gasteiger partial charge in [0.15, 0.2) is 5.11 Å². The highest BCUT2D eigenvalue weighted by molar-refractivity contribution is 7.80. The van der Waals surface area contributed by atoms with Gasteiger partial charge in [-0.05, 0) is 24.4 Å². The Morgan fingerprint density at radius 1 is 1.27 bits per heavy atom. The van der Waals surface area contributed by atoms with Crippen molar-refractivity contribution in [1.82, 2.24) is 15.6 Å². The van der Waals surface area contributed by atoms with Crippen LogP contribution in [-0.4, -0.2) is 26.0 Å². The lowest BCUT2D eigenvalue weighted by Crippen LogP contribution is -2.56. The zero-order valence-corrected chi connectivity index (χ0v) is 15.5. The number of pyridine rings is 1. The van der Waals surface area contributed by atoms with Crippen molar-refractivity contribution in [2.75, 3.05) is 5.32 Å². The number of halogens is 4. The molecule has 122 valence electrons. The number of hydrogen-bond acceptors (Lipinski definition) is 3. The average Bonchev–Trinajstić information content (AvgIpc) is 2.39. The van der Waals surface area contributed by atoms with Crippen LogP contribution >= 0.6 is 58.6 Å². The number of rotatable bonds is 4. The Hall–Kier alpha value is -0.530. The van der Waals surface area contributed by atoms with E-state index in [9.17, 15) is 4.79 Å². The highest BCUT2D eigenvalue weighted by Crippen LogP contribution is 2.29. The summed E-state index contributed by atoms with van der Waals surface area (Å²) >= 11 is 28.4. The minimum absolute atomic E-state index is 0.134. The van der Waals surface area contributed by atoms with E-state index in [0.29, 0.717) is 10.8 Å². The standard InChI is InChI=1S/C12H14Cl4N4OS/c1-6(2)9(21)19-10(12(14,15)16)20-11(22)18-8-4-3-7(13)5-17-8/h3-6,10H,1-2H3,(H,19,21)(H2,17,18,20,22). The highest BCUT2D eigenvalue weighted by atomic mass is 35.6. The minimum Gasteiger partial charge on any atom is -0.339 e. The van der Waals surface area contributed by atoms with Crippen LogP contribution in [0.1, 0.15) is 13.8 Å². The molecule has 1 aromatic heterocycles. The van der Waals surface area contributed by atoms with Crippen molar-refractivity contribution in [3.05, 3.63) is 23.4 Å². The number of carbonyl (C=O) groups is 1. The normalized spacial score (nSPS) is 12.7. The smallest absolute Gasteiger partial charge is 0.228 e. The fraction of sp³-hybridized carbons (Fsp3) is 0.417. The Morgan fingerprint density at radius 3 is 2.36 bits per heavy atom. The van der Waals surface area contributed by atoms with Crippen LogP contribution in [0.4, 0.5) is 5.82 Å². The molecule has 1 unspecified atom stereocenters. The maximum Gasteiger partial charge on any atom is 0.228 e. The van der Waals surface area contributed by atoms with Crippen molar-refractivity contribution in [1.29, 1.82) is 0 Å². The first kappa shape index (κ1) is 19.5. The number of alkyl halides is 3. The zero-order chi connectivity index (χ0) is 16.9. The van der Waals surface area contributed by atoms with Crippen LogP contribution in [0.5, 0.6) is 0 Å². The van der Waals surface area contributed by atoms with Gasteiger partial charge in [-0.1, -0.05) is 60.3 Å². The summed E-state index contributed by atoms with van der Waals surface area (Å²) in [6.45, 7) is 3.44. The van der Waals surface area contributed by atoms with Crippen LogP contribution in [0.15, 0.2) is 18.3 Å². The third-order valence-corrected chi connectivity index (χ3v) is 3.48. The van der Waals surface area contributed by atoms with Crippen molar-refractivity contribution >= 4 is 75.5 Å². The average molecular weight is 404 g/mol. The molecule has 0 aliphatic heterocycles. The number of thiocarbonyl (C=S) groups is 1. The topological polar surface area (TPSA) is 66.1 Å². The molecule has 0 aliphatic rings. The summed E-state index contributed by atoms with van der Waals surface area (Å²) in [6.07, 6.45) is 0.458. The van der Waals surface area contributed by atoms with E-state index in [0.717, 1.165) is 0 Å². The van der Waals surface area contributed by atoms with Gasteiger partial charge in [0.1, 0.15) is 12.0 Å². The molecule has 0 aliphatic carbocycles. The predicted molar refractivity (Wildman–Crippen MR) is 95.7 cm³/mol.